The fraction of sp³-hybridized carbons (Fsp3) is 0.541. The zero-order chi connectivity index (χ0) is 37.0. The molecular formula is C37H48N8O7. The second-order valence-corrected chi connectivity index (χ2v) is 14.8. The van der Waals surface area contributed by atoms with Crippen LogP contribution in [0.4, 0.5) is 10.5 Å². The Kier molecular flexibility index (Phi) is 10.9. The van der Waals surface area contributed by atoms with E-state index in [4.69, 9.17) is 10.5 Å². The van der Waals surface area contributed by atoms with Crippen molar-refractivity contribution in [3.63, 3.8) is 0 Å². The van der Waals surface area contributed by atoms with Gasteiger partial charge in [-0.2, -0.15) is 0 Å². The van der Waals surface area contributed by atoms with Crippen LogP contribution in [0.5, 0.6) is 0 Å². The van der Waals surface area contributed by atoms with Crippen molar-refractivity contribution in [3.8, 4) is 0 Å². The molecule has 2 saturated heterocycles. The van der Waals surface area contributed by atoms with Crippen LogP contribution >= 0.6 is 0 Å². The number of ether oxygens (including phenoxy) is 1. The van der Waals surface area contributed by atoms with Gasteiger partial charge in [-0.1, -0.05) is 73.7 Å². The van der Waals surface area contributed by atoms with Gasteiger partial charge in [-0.05, 0) is 37.6 Å². The number of Topliss-reactive ketones (excluding diaryl/α,β-unsaturated/α-hetero) is 1. The van der Waals surface area contributed by atoms with Gasteiger partial charge in [-0.15, -0.1) is 5.10 Å². The molecule has 2 aliphatic heterocycles. The van der Waals surface area contributed by atoms with Gasteiger partial charge in [-0.3, -0.25) is 19.2 Å². The second-order valence-electron chi connectivity index (χ2n) is 14.8. The molecule has 1 unspecified atom stereocenters. The first-order chi connectivity index (χ1) is 24.9. The minimum atomic E-state index is -1.59. The number of nitrogens with two attached hydrogens (primary N) is 1. The molecule has 0 radical (unpaired) electrons. The largest absolute Gasteiger partial charge is 0.384 e. The molecule has 6 rings (SSSR count). The third kappa shape index (κ3) is 7.94. The Morgan fingerprint density at radius 3 is 2.46 bits per heavy atom. The van der Waals surface area contributed by atoms with Crippen LogP contribution in [0, 0.1) is 5.92 Å². The number of likely N-dealkylation sites (tertiary alicyclic amines) is 1. The van der Waals surface area contributed by atoms with Crippen LogP contribution in [-0.4, -0.2) is 91.9 Å². The highest BCUT2D eigenvalue weighted by Crippen LogP contribution is 2.34. The summed E-state index contributed by atoms with van der Waals surface area (Å²) in [5.41, 5.74) is 3.49. The first-order valence-corrected chi connectivity index (χ1v) is 18.1. The summed E-state index contributed by atoms with van der Waals surface area (Å²) in [4.78, 5) is 69.5. The SMILES string of the molecule is CC(C)(O)c1cnnn1[C@H]1C[C@@H](C(=O)NC2(C(=O)C(N)=O)CCOCC2)N(C(=O)C(CC2CCCCC2)NC(=O)Nc2cccc3ccccc23)C1. The van der Waals surface area contributed by atoms with Gasteiger partial charge in [-0.25, -0.2) is 9.48 Å². The topological polar surface area (TPSA) is 211 Å². The van der Waals surface area contributed by atoms with Gasteiger partial charge in [0.2, 0.25) is 17.6 Å². The minimum absolute atomic E-state index is 0.0109. The van der Waals surface area contributed by atoms with Crippen LogP contribution in [-0.2, 0) is 29.5 Å². The van der Waals surface area contributed by atoms with Crippen molar-refractivity contribution in [3.05, 3.63) is 54.4 Å². The summed E-state index contributed by atoms with van der Waals surface area (Å²) in [6.45, 7) is 3.45. The predicted molar refractivity (Wildman–Crippen MR) is 191 cm³/mol. The van der Waals surface area contributed by atoms with Crippen molar-refractivity contribution in [1.29, 1.82) is 0 Å². The number of nitrogens with zero attached hydrogens (tertiary/aromatic N) is 4. The summed E-state index contributed by atoms with van der Waals surface area (Å²) in [5.74, 6) is -3.03. The van der Waals surface area contributed by atoms with E-state index < -0.39 is 58.8 Å². The van der Waals surface area contributed by atoms with Crippen molar-refractivity contribution in [1.82, 2.24) is 30.5 Å². The fourth-order valence-corrected chi connectivity index (χ4v) is 7.95. The lowest BCUT2D eigenvalue weighted by atomic mass is 9.84. The molecule has 6 N–H and O–H groups in total. The molecule has 0 bridgehead atoms. The highest BCUT2D eigenvalue weighted by molar-refractivity contribution is 6.39. The van der Waals surface area contributed by atoms with Crippen molar-refractivity contribution in [2.45, 2.75) is 101 Å². The van der Waals surface area contributed by atoms with Crippen molar-refractivity contribution in [2.24, 2.45) is 11.7 Å². The van der Waals surface area contributed by atoms with Gasteiger partial charge in [0.05, 0.1) is 23.6 Å². The molecule has 3 aromatic rings. The summed E-state index contributed by atoms with van der Waals surface area (Å²) in [6.07, 6.45) is 6.94. The number of hydrogen-bond acceptors (Lipinski definition) is 9. The monoisotopic (exact) mass is 716 g/mol. The van der Waals surface area contributed by atoms with Gasteiger partial charge in [0, 0.05) is 44.4 Å². The molecule has 1 aliphatic carbocycles. The first kappa shape index (κ1) is 36.9. The fourth-order valence-electron chi connectivity index (χ4n) is 7.95. The van der Waals surface area contributed by atoms with Gasteiger partial charge in [0.1, 0.15) is 23.2 Å². The van der Waals surface area contributed by atoms with E-state index >= 15 is 0 Å². The third-order valence-electron chi connectivity index (χ3n) is 10.7. The number of hydrogen-bond donors (Lipinski definition) is 5. The number of amides is 5. The Labute approximate surface area is 302 Å². The Morgan fingerprint density at radius 1 is 1.04 bits per heavy atom. The summed E-state index contributed by atoms with van der Waals surface area (Å²) in [7, 11) is 0. The summed E-state index contributed by atoms with van der Waals surface area (Å²) >= 11 is 0. The number of fused-ring (bicyclic) bond motifs is 1. The maximum atomic E-state index is 14.8. The van der Waals surface area contributed by atoms with Gasteiger partial charge in [0.25, 0.3) is 5.91 Å². The van der Waals surface area contributed by atoms with Gasteiger partial charge >= 0.3 is 6.03 Å². The Morgan fingerprint density at radius 2 is 1.75 bits per heavy atom. The number of urea groups is 1. The van der Waals surface area contributed by atoms with E-state index in [0.717, 1.165) is 42.9 Å². The summed E-state index contributed by atoms with van der Waals surface area (Å²) in [6, 6.07) is 9.99. The van der Waals surface area contributed by atoms with Crippen LogP contribution in [0.25, 0.3) is 10.8 Å². The number of carbonyl (C=O) groups is 5. The number of primary amides is 1. The number of nitrogens with one attached hydrogen (secondary N) is 3. The molecule has 15 heteroatoms. The summed E-state index contributed by atoms with van der Waals surface area (Å²) in [5, 5.41) is 29.6. The number of carbonyl (C=O) groups excluding carboxylic acids is 5. The molecule has 3 aliphatic rings. The lowest BCUT2D eigenvalue weighted by Gasteiger charge is -2.37. The van der Waals surface area contributed by atoms with Crippen LogP contribution in [0.3, 0.4) is 0 Å². The quantitative estimate of drug-likeness (QED) is 0.185. The minimum Gasteiger partial charge on any atom is -0.384 e. The van der Waals surface area contributed by atoms with Crippen molar-refractivity contribution < 1.29 is 33.8 Å². The average molecular weight is 717 g/mol. The number of rotatable bonds is 11. The maximum absolute atomic E-state index is 14.8. The highest BCUT2D eigenvalue weighted by atomic mass is 16.5. The van der Waals surface area contributed by atoms with Crippen LogP contribution < -0.4 is 21.7 Å². The highest BCUT2D eigenvalue weighted by Gasteiger charge is 2.49. The number of anilines is 1. The third-order valence-corrected chi connectivity index (χ3v) is 10.7. The number of ketones is 1. The lowest BCUT2D eigenvalue weighted by Crippen LogP contribution is -2.64. The molecule has 5 amide bonds. The van der Waals surface area contributed by atoms with E-state index in [0.29, 0.717) is 17.8 Å². The molecule has 0 spiro atoms. The molecule has 2 aromatic carbocycles. The molecule has 3 fully saturated rings. The van der Waals surface area contributed by atoms with Crippen molar-refractivity contribution in [2.75, 3.05) is 25.1 Å². The Balaban J connectivity index is 1.31. The average Bonchev–Trinajstić information content (AvgIpc) is 3.80. The van der Waals surface area contributed by atoms with Gasteiger partial charge < -0.3 is 36.4 Å². The molecular weight excluding hydrogens is 668 g/mol. The maximum Gasteiger partial charge on any atom is 0.319 e. The number of aliphatic hydroxyl groups is 1. The van der Waals surface area contributed by atoms with E-state index in [2.05, 4.69) is 26.3 Å². The molecule has 1 aromatic heterocycles. The molecule has 278 valence electrons. The molecule has 1 saturated carbocycles. The van der Waals surface area contributed by atoms with Crippen molar-refractivity contribution >= 4 is 46.0 Å². The Bertz CT molecular complexity index is 1800. The van der Waals surface area contributed by atoms with E-state index in [1.807, 2.05) is 36.4 Å². The molecule has 3 atom stereocenters. The molecule has 3 heterocycles. The van der Waals surface area contributed by atoms with Crippen LogP contribution in [0.1, 0.15) is 83.4 Å². The van der Waals surface area contributed by atoms with Crippen LogP contribution in [0.2, 0.25) is 0 Å². The zero-order valence-electron chi connectivity index (χ0n) is 29.7. The summed E-state index contributed by atoms with van der Waals surface area (Å²) < 4.78 is 6.95. The van der Waals surface area contributed by atoms with Crippen LogP contribution in [0.15, 0.2) is 48.7 Å². The first-order valence-electron chi connectivity index (χ1n) is 18.1. The van der Waals surface area contributed by atoms with E-state index in [1.54, 1.807) is 19.9 Å². The number of benzene rings is 2. The second kappa shape index (κ2) is 15.4. The van der Waals surface area contributed by atoms with Gasteiger partial charge in [0.15, 0.2) is 0 Å². The lowest BCUT2D eigenvalue weighted by molar-refractivity contribution is -0.147. The standard InChI is InChI=1S/C37H48N8O7/c1-36(2,51)30-21-39-43-45(30)25-20-29(33(48)42-37(31(46)32(38)47)15-17-52-18-16-37)44(22-25)34(49)28(19-23-9-4-3-5-10-23)41-35(50)40-27-14-8-12-24-11-6-7-13-26(24)27/h6-8,11-14,21,23,25,28-29,51H,3-5,9-10,15-20,22H2,1-2H3,(H2,38,47)(H,42,48)(H2,40,41,50)/t25-,28?,29-/m0/s1. The van der Waals surface area contributed by atoms with E-state index in [-0.39, 0.29) is 44.9 Å². The predicted octanol–water partition coefficient (Wildman–Crippen LogP) is 2.68. The van der Waals surface area contributed by atoms with E-state index in [1.165, 1.54) is 15.8 Å². The normalized spacial score (nSPS) is 21.3. The molecule has 52 heavy (non-hydrogen) atoms. The zero-order valence-corrected chi connectivity index (χ0v) is 29.7. The smallest absolute Gasteiger partial charge is 0.319 e. The van der Waals surface area contributed by atoms with E-state index in [9.17, 15) is 29.1 Å². The Hall–Kier alpha value is -4.89. The number of aromatic nitrogens is 3. The molecule has 15 nitrogen and oxygen atoms in total.